The van der Waals surface area contributed by atoms with Gasteiger partial charge < -0.3 is 4.90 Å². The van der Waals surface area contributed by atoms with Gasteiger partial charge >= 0.3 is 0 Å². The maximum absolute atomic E-state index is 12.9. The van der Waals surface area contributed by atoms with Gasteiger partial charge in [-0.3, -0.25) is 0 Å². The molecule has 1 nitrogen and oxygen atoms in total. The highest BCUT2D eigenvalue weighted by atomic mass is 19.1. The summed E-state index contributed by atoms with van der Waals surface area (Å²) in [5.41, 5.74) is 2.27. The van der Waals surface area contributed by atoms with Crippen LogP contribution in [0.5, 0.6) is 0 Å². The molecule has 0 amide bonds. The van der Waals surface area contributed by atoms with Gasteiger partial charge in [0.1, 0.15) is 5.82 Å². The molecule has 1 aliphatic rings. The lowest BCUT2D eigenvalue weighted by Crippen LogP contribution is -2.19. The highest BCUT2D eigenvalue weighted by Crippen LogP contribution is 2.28. The average molecular weight is 177 g/mol. The Morgan fingerprint density at radius 3 is 3.15 bits per heavy atom. The number of hydrogen-bond donors (Lipinski definition) is 0. The zero-order chi connectivity index (χ0) is 9.26. The van der Waals surface area contributed by atoms with Crippen molar-refractivity contribution in [2.24, 2.45) is 0 Å². The van der Waals surface area contributed by atoms with Gasteiger partial charge in [0.2, 0.25) is 0 Å². The normalized spacial score (nSPS) is 14.4. The van der Waals surface area contributed by atoms with Gasteiger partial charge in [0.15, 0.2) is 0 Å². The van der Waals surface area contributed by atoms with Gasteiger partial charge in [0.05, 0.1) is 0 Å². The van der Waals surface area contributed by atoms with Crippen molar-refractivity contribution in [1.82, 2.24) is 0 Å². The summed E-state index contributed by atoms with van der Waals surface area (Å²) in [6, 6.07) is 5.00. The number of anilines is 1. The van der Waals surface area contributed by atoms with Crippen LogP contribution in [0.2, 0.25) is 0 Å². The minimum Gasteiger partial charge on any atom is -0.367 e. The number of fused-ring (bicyclic) bond motifs is 1. The fourth-order valence-corrected chi connectivity index (χ4v) is 1.76. The Labute approximate surface area is 77.5 Å². The summed E-state index contributed by atoms with van der Waals surface area (Å²) in [4.78, 5) is 2.14. The molecule has 0 atom stereocenters. The van der Waals surface area contributed by atoms with Gasteiger partial charge in [-0.2, -0.15) is 0 Å². The van der Waals surface area contributed by atoms with Crippen LogP contribution in [0, 0.1) is 5.82 Å². The molecule has 2 rings (SSSR count). The molecule has 0 aliphatic carbocycles. The lowest BCUT2D eigenvalue weighted by atomic mass is 10.2. The molecule has 2 heteroatoms. The third-order valence-electron chi connectivity index (χ3n) is 2.39. The van der Waals surface area contributed by atoms with E-state index in [1.54, 1.807) is 6.07 Å². The fraction of sp³-hybridized carbons (Fsp3) is 0.273. The maximum Gasteiger partial charge on any atom is 0.125 e. The van der Waals surface area contributed by atoms with E-state index in [0.29, 0.717) is 0 Å². The predicted molar refractivity (Wildman–Crippen MR) is 52.5 cm³/mol. The van der Waals surface area contributed by atoms with Crippen LogP contribution in [0.25, 0.3) is 0 Å². The highest BCUT2D eigenvalue weighted by Gasteiger charge is 2.17. The summed E-state index contributed by atoms with van der Waals surface area (Å²) in [6.07, 6.45) is 2.86. The standard InChI is InChI=1S/C11H12FN/c1-2-6-13-7-5-9-3-4-10(12)8-11(9)13/h2-4,8H,1,5-7H2. The van der Waals surface area contributed by atoms with Gasteiger partial charge in [-0.25, -0.2) is 4.39 Å². The molecule has 0 N–H and O–H groups in total. The monoisotopic (exact) mass is 177 g/mol. The van der Waals surface area contributed by atoms with Crippen LogP contribution in [0.1, 0.15) is 5.56 Å². The maximum atomic E-state index is 12.9. The SMILES string of the molecule is C=CCN1CCc2ccc(F)cc21. The van der Waals surface area contributed by atoms with Crippen molar-refractivity contribution in [3.05, 3.63) is 42.2 Å². The molecular weight excluding hydrogens is 165 g/mol. The van der Waals surface area contributed by atoms with Gasteiger partial charge in [-0.1, -0.05) is 12.1 Å². The smallest absolute Gasteiger partial charge is 0.125 e. The third kappa shape index (κ3) is 1.44. The molecule has 0 saturated heterocycles. The molecule has 0 spiro atoms. The van der Waals surface area contributed by atoms with Gasteiger partial charge in [0, 0.05) is 18.8 Å². The Balaban J connectivity index is 2.34. The summed E-state index contributed by atoms with van der Waals surface area (Å²) < 4.78 is 12.9. The molecule has 0 bridgehead atoms. The van der Waals surface area contributed by atoms with Crippen molar-refractivity contribution in [2.45, 2.75) is 6.42 Å². The van der Waals surface area contributed by atoms with Crippen molar-refractivity contribution in [3.8, 4) is 0 Å². The topological polar surface area (TPSA) is 3.24 Å². The second-order valence-electron chi connectivity index (χ2n) is 3.26. The van der Waals surface area contributed by atoms with Crippen LogP contribution < -0.4 is 4.90 Å². The van der Waals surface area contributed by atoms with Crippen LogP contribution in [0.4, 0.5) is 10.1 Å². The molecule has 13 heavy (non-hydrogen) atoms. The second kappa shape index (κ2) is 3.21. The molecular formula is C11H12FN. The van der Waals surface area contributed by atoms with E-state index in [1.165, 1.54) is 11.6 Å². The van der Waals surface area contributed by atoms with Crippen molar-refractivity contribution in [1.29, 1.82) is 0 Å². The number of hydrogen-bond acceptors (Lipinski definition) is 1. The minimum absolute atomic E-state index is 0.158. The van der Waals surface area contributed by atoms with Crippen molar-refractivity contribution in [2.75, 3.05) is 18.0 Å². The molecule has 0 aromatic heterocycles. The first-order valence-electron chi connectivity index (χ1n) is 4.45. The van der Waals surface area contributed by atoms with Crippen molar-refractivity contribution in [3.63, 3.8) is 0 Å². The van der Waals surface area contributed by atoms with Crippen molar-refractivity contribution >= 4 is 5.69 Å². The second-order valence-corrected chi connectivity index (χ2v) is 3.26. The lowest BCUT2D eigenvalue weighted by Gasteiger charge is -2.16. The van der Waals surface area contributed by atoms with Crippen LogP contribution in [0.3, 0.4) is 0 Å². The fourth-order valence-electron chi connectivity index (χ4n) is 1.76. The first-order valence-corrected chi connectivity index (χ1v) is 4.45. The number of benzene rings is 1. The Morgan fingerprint density at radius 2 is 2.38 bits per heavy atom. The van der Waals surface area contributed by atoms with Gasteiger partial charge in [-0.15, -0.1) is 6.58 Å². The van der Waals surface area contributed by atoms with Crippen LogP contribution >= 0.6 is 0 Å². The largest absolute Gasteiger partial charge is 0.367 e. The number of rotatable bonds is 2. The van der Waals surface area contributed by atoms with Crippen LogP contribution in [-0.2, 0) is 6.42 Å². The van der Waals surface area contributed by atoms with E-state index in [9.17, 15) is 4.39 Å². The summed E-state index contributed by atoms with van der Waals surface area (Å²) in [6.45, 7) is 5.46. The average Bonchev–Trinajstić information content (AvgIpc) is 2.49. The molecule has 0 radical (unpaired) electrons. The zero-order valence-corrected chi connectivity index (χ0v) is 7.46. The summed E-state index contributed by atoms with van der Waals surface area (Å²) in [5.74, 6) is -0.158. The third-order valence-corrected chi connectivity index (χ3v) is 2.39. The Bertz CT molecular complexity index is 333. The highest BCUT2D eigenvalue weighted by molar-refractivity contribution is 5.58. The minimum atomic E-state index is -0.158. The molecule has 0 unspecified atom stereocenters. The molecule has 1 aromatic carbocycles. The van der Waals surface area contributed by atoms with E-state index in [-0.39, 0.29) is 5.82 Å². The zero-order valence-electron chi connectivity index (χ0n) is 7.46. The number of nitrogens with zero attached hydrogens (tertiary/aromatic N) is 1. The van der Waals surface area contributed by atoms with Crippen LogP contribution in [-0.4, -0.2) is 13.1 Å². The summed E-state index contributed by atoms with van der Waals surface area (Å²) in [5, 5.41) is 0. The molecule has 0 fully saturated rings. The van der Waals surface area contributed by atoms with E-state index >= 15 is 0 Å². The van der Waals surface area contributed by atoms with Crippen LogP contribution in [0.15, 0.2) is 30.9 Å². The molecule has 1 aliphatic heterocycles. The Kier molecular flexibility index (Phi) is 2.05. The molecule has 1 aromatic rings. The lowest BCUT2D eigenvalue weighted by molar-refractivity contribution is 0.627. The Morgan fingerprint density at radius 1 is 1.54 bits per heavy atom. The van der Waals surface area contributed by atoms with E-state index < -0.39 is 0 Å². The molecule has 68 valence electrons. The van der Waals surface area contributed by atoms with Gasteiger partial charge in [-0.05, 0) is 24.1 Å². The number of halogens is 1. The van der Waals surface area contributed by atoms with E-state index in [2.05, 4.69) is 11.5 Å². The van der Waals surface area contributed by atoms with E-state index in [4.69, 9.17) is 0 Å². The first kappa shape index (κ1) is 8.30. The Hall–Kier alpha value is -1.31. The van der Waals surface area contributed by atoms with E-state index in [1.807, 2.05) is 12.1 Å². The first-order chi connectivity index (χ1) is 6.31. The van der Waals surface area contributed by atoms with Crippen molar-refractivity contribution < 1.29 is 4.39 Å². The summed E-state index contributed by atoms with van der Waals surface area (Å²) in [7, 11) is 0. The predicted octanol–water partition coefficient (Wildman–Crippen LogP) is 2.37. The van der Waals surface area contributed by atoms with E-state index in [0.717, 1.165) is 25.2 Å². The molecule has 0 saturated carbocycles. The molecule has 1 heterocycles. The summed E-state index contributed by atoms with van der Waals surface area (Å²) >= 11 is 0. The quantitative estimate of drug-likeness (QED) is 0.627. The van der Waals surface area contributed by atoms with Gasteiger partial charge in [0.25, 0.3) is 0 Å².